The van der Waals surface area contributed by atoms with Crippen molar-refractivity contribution in [1.29, 1.82) is 0 Å². The van der Waals surface area contributed by atoms with Crippen LogP contribution in [0.3, 0.4) is 0 Å². The van der Waals surface area contributed by atoms with Gasteiger partial charge < -0.3 is 13.9 Å². The number of nitrogens with zero attached hydrogens (tertiary/aromatic N) is 6. The van der Waals surface area contributed by atoms with Gasteiger partial charge in [0.05, 0.1) is 73.1 Å². The number of hydrogen-bond donors (Lipinski definition) is 0. The summed E-state index contributed by atoms with van der Waals surface area (Å²) in [4.78, 5) is 5.57. The van der Waals surface area contributed by atoms with Crippen molar-refractivity contribution in [1.82, 2.24) is 23.3 Å². The molecular formula is C100H86N6O. The molecule has 18 rings (SSSR count). The average Bonchev–Trinajstić information content (AvgIpc) is 1.58. The molecular weight excluding hydrogens is 1300 g/mol. The molecule has 0 saturated heterocycles. The van der Waals surface area contributed by atoms with E-state index in [9.17, 15) is 0 Å². The maximum atomic E-state index is 7.11. The fourth-order valence-corrected chi connectivity index (χ4v) is 16.0. The Morgan fingerprint density at radius 2 is 0.804 bits per heavy atom. The van der Waals surface area contributed by atoms with Crippen molar-refractivity contribution < 1.29 is 9.30 Å². The van der Waals surface area contributed by atoms with Gasteiger partial charge in [-0.2, -0.15) is 0 Å². The predicted octanol–water partition coefficient (Wildman–Crippen LogP) is 26.0. The van der Waals surface area contributed by atoms with Crippen molar-refractivity contribution in [2.45, 2.75) is 105 Å². The Morgan fingerprint density at radius 3 is 1.41 bits per heavy atom. The zero-order valence-corrected chi connectivity index (χ0v) is 63.0. The minimum atomic E-state index is -0.0665. The van der Waals surface area contributed by atoms with Crippen LogP contribution in [0.4, 0.5) is 0 Å². The van der Waals surface area contributed by atoms with Crippen LogP contribution in [0, 0.1) is 6.33 Å². The number of fused-ring (bicyclic) bond motifs is 10. The van der Waals surface area contributed by atoms with Crippen LogP contribution in [0.1, 0.15) is 105 Å². The monoisotopic (exact) mass is 1390 g/mol. The number of aromatic nitrogens is 6. The van der Waals surface area contributed by atoms with E-state index >= 15 is 0 Å². The van der Waals surface area contributed by atoms with Crippen LogP contribution >= 0.6 is 0 Å². The smallest absolute Gasteiger partial charge is 0.269 e. The first kappa shape index (κ1) is 66.6. The standard InChI is InChI=1S/C100H86N6O/c1-97(2,3)71-53-69(54-72(58-71)98(4,5)6)67-50-66(51-68(52-67)70-55-73(99(7,8)9)59-74(56-70)100(10,11)12)65-44-48-90-85(57-65)83-47-46-78(107-77-31-26-30-75(60-77)102-63-103(92-42-25-24-41-91(92)102)86-37-20-16-32-79(86)64-28-14-13-15-29-64)61-94(83)106(90)95-49-45-76(62-101-95)104-87-38-21-19-35-82(87)84-36-27-43-93(96(84)104)105-88-39-22-17-33-80(88)81-34-18-23-40-89(81)105/h13-62H,1-12H3. The van der Waals surface area contributed by atoms with Gasteiger partial charge in [0.15, 0.2) is 0 Å². The number of pyridine rings is 1. The van der Waals surface area contributed by atoms with Crippen molar-refractivity contribution in [3.63, 3.8) is 0 Å². The Hall–Kier alpha value is -12.3. The number of imidazole rings is 1. The van der Waals surface area contributed by atoms with Crippen LogP contribution in [-0.2, 0) is 21.7 Å². The predicted molar refractivity (Wildman–Crippen MR) is 448 cm³/mol. The molecule has 0 bridgehead atoms. The maximum Gasteiger partial charge on any atom is 0.269 e. The molecule has 5 aromatic heterocycles. The third-order valence-corrected chi connectivity index (χ3v) is 21.8. The van der Waals surface area contributed by atoms with Gasteiger partial charge in [0, 0.05) is 38.4 Å². The first-order valence-electron chi connectivity index (χ1n) is 37.5. The van der Waals surface area contributed by atoms with Crippen molar-refractivity contribution in [3.8, 4) is 84.6 Å². The second-order valence-electron chi connectivity index (χ2n) is 33.2. The van der Waals surface area contributed by atoms with Crippen molar-refractivity contribution in [2.24, 2.45) is 0 Å². The Kier molecular flexibility index (Phi) is 15.7. The van der Waals surface area contributed by atoms with E-state index in [0.717, 1.165) is 106 Å². The van der Waals surface area contributed by atoms with Crippen LogP contribution < -0.4 is 9.30 Å². The van der Waals surface area contributed by atoms with E-state index in [-0.39, 0.29) is 21.7 Å². The molecule has 107 heavy (non-hydrogen) atoms. The van der Waals surface area contributed by atoms with Crippen LogP contribution in [0.15, 0.2) is 303 Å². The SMILES string of the molecule is CC(C)(C)c1cc(-c2cc(-c3cc(C(C)(C)C)cc(C(C)(C)C)c3)cc(-c3ccc4c(c3)c3ccc(Oc5cccc(-n6[c-][n+](-c7ccccc7-c7ccccc7)c7ccccc76)c5)cc3n4-c3ccc(-n4c5ccccc5c5cccc(-n6c7ccccc7c7ccccc76)c54)cn3)c2)cc(C(C)(C)C)c1. The fraction of sp³-hybridized carbons (Fsp3) is 0.160. The molecule has 13 aromatic carbocycles. The summed E-state index contributed by atoms with van der Waals surface area (Å²) in [6.07, 6.45) is 5.83. The fourth-order valence-electron chi connectivity index (χ4n) is 16.0. The van der Waals surface area contributed by atoms with E-state index in [4.69, 9.17) is 9.72 Å². The highest BCUT2D eigenvalue weighted by Crippen LogP contribution is 2.45. The van der Waals surface area contributed by atoms with Crippen LogP contribution in [0.25, 0.3) is 150 Å². The second-order valence-corrected chi connectivity index (χ2v) is 33.2. The zero-order chi connectivity index (χ0) is 73.4. The lowest BCUT2D eigenvalue weighted by molar-refractivity contribution is -0.571. The van der Waals surface area contributed by atoms with Gasteiger partial charge in [-0.1, -0.05) is 271 Å². The Balaban J connectivity index is 0.813. The number of rotatable bonds is 11. The average molecular weight is 1390 g/mol. The molecule has 522 valence electrons. The van der Waals surface area contributed by atoms with E-state index < -0.39 is 0 Å². The molecule has 0 unspecified atom stereocenters. The van der Waals surface area contributed by atoms with Crippen LogP contribution in [-0.4, -0.2) is 23.3 Å². The quantitative estimate of drug-likeness (QED) is 0.0957. The molecule has 0 aliphatic rings. The van der Waals surface area contributed by atoms with Gasteiger partial charge in [-0.05, 0) is 192 Å². The summed E-state index contributed by atoms with van der Waals surface area (Å²) in [5.74, 6) is 2.18. The van der Waals surface area contributed by atoms with Gasteiger partial charge in [-0.25, -0.2) is 4.98 Å². The molecule has 0 fully saturated rings. The van der Waals surface area contributed by atoms with Gasteiger partial charge in [-0.15, -0.1) is 0 Å². The van der Waals surface area contributed by atoms with E-state index in [2.05, 4.69) is 410 Å². The summed E-state index contributed by atoms with van der Waals surface area (Å²) in [5, 5.41) is 6.98. The zero-order valence-electron chi connectivity index (χ0n) is 63.0. The van der Waals surface area contributed by atoms with Crippen LogP contribution in [0.5, 0.6) is 11.5 Å². The first-order valence-corrected chi connectivity index (χ1v) is 37.5. The molecule has 0 radical (unpaired) electrons. The Morgan fingerprint density at radius 1 is 0.308 bits per heavy atom. The summed E-state index contributed by atoms with van der Waals surface area (Å²) in [6, 6.07) is 109. The summed E-state index contributed by atoms with van der Waals surface area (Å²) in [5.41, 5.74) is 27.0. The van der Waals surface area contributed by atoms with Crippen molar-refractivity contribution in [3.05, 3.63) is 332 Å². The summed E-state index contributed by atoms with van der Waals surface area (Å²) < 4.78 is 18.6. The number of hydrogen-bond acceptors (Lipinski definition) is 2. The van der Waals surface area contributed by atoms with Gasteiger partial charge in [-0.3, -0.25) is 13.7 Å². The normalized spacial score (nSPS) is 12.5. The van der Waals surface area contributed by atoms with E-state index in [0.29, 0.717) is 11.5 Å². The molecule has 0 aliphatic carbocycles. The number of ether oxygens (including phenoxy) is 1. The lowest BCUT2D eigenvalue weighted by Crippen LogP contribution is -2.30. The van der Waals surface area contributed by atoms with Crippen molar-refractivity contribution >= 4 is 76.5 Å². The van der Waals surface area contributed by atoms with E-state index in [1.165, 1.54) is 66.1 Å². The highest BCUT2D eigenvalue weighted by molar-refractivity contribution is 6.15. The third kappa shape index (κ3) is 11.8. The van der Waals surface area contributed by atoms with Gasteiger partial charge in [0.2, 0.25) is 0 Å². The summed E-state index contributed by atoms with van der Waals surface area (Å²) in [6.45, 7) is 28.0. The maximum absolute atomic E-state index is 7.11. The molecule has 0 saturated carbocycles. The largest absolute Gasteiger partial charge is 0.458 e. The molecule has 0 atom stereocenters. The lowest BCUT2D eigenvalue weighted by Gasteiger charge is -2.27. The third-order valence-electron chi connectivity index (χ3n) is 21.8. The Labute approximate surface area is 626 Å². The van der Waals surface area contributed by atoms with Gasteiger partial charge in [0.1, 0.15) is 17.3 Å². The van der Waals surface area contributed by atoms with Crippen LogP contribution in [0.2, 0.25) is 0 Å². The van der Waals surface area contributed by atoms with E-state index in [1.807, 2.05) is 6.07 Å². The number of benzene rings is 13. The molecule has 7 heteroatoms. The highest BCUT2D eigenvalue weighted by atomic mass is 16.5. The highest BCUT2D eigenvalue weighted by Gasteiger charge is 2.27. The molecule has 18 aromatic rings. The molecule has 0 N–H and O–H groups in total. The van der Waals surface area contributed by atoms with E-state index in [1.54, 1.807) is 0 Å². The summed E-state index contributed by atoms with van der Waals surface area (Å²) >= 11 is 0. The topological polar surface area (TPSA) is 45.7 Å². The second kappa shape index (κ2) is 25.2. The molecule has 7 nitrogen and oxygen atoms in total. The molecule has 0 amide bonds. The lowest BCUT2D eigenvalue weighted by atomic mass is 9.78. The molecule has 0 spiro atoms. The number of para-hydroxylation sites is 7. The minimum absolute atomic E-state index is 0.0665. The molecule has 5 heterocycles. The summed E-state index contributed by atoms with van der Waals surface area (Å²) in [7, 11) is 0. The van der Waals surface area contributed by atoms with Crippen molar-refractivity contribution in [2.75, 3.05) is 0 Å². The minimum Gasteiger partial charge on any atom is -0.458 e. The van der Waals surface area contributed by atoms with Gasteiger partial charge >= 0.3 is 0 Å². The molecule has 0 aliphatic heterocycles. The first-order chi connectivity index (χ1) is 51.6. The van der Waals surface area contributed by atoms with Gasteiger partial charge in [0.25, 0.3) is 6.33 Å². The Bertz CT molecular complexity index is 6350.